The molecule has 0 spiro atoms. The van der Waals surface area contributed by atoms with Crippen LogP contribution in [-0.2, 0) is 9.53 Å². The van der Waals surface area contributed by atoms with Crippen molar-refractivity contribution in [3.05, 3.63) is 34.1 Å². The molecule has 92 valence electrons. The quantitative estimate of drug-likeness (QED) is 0.452. The Morgan fingerprint density at radius 1 is 1.59 bits per heavy atom. The highest BCUT2D eigenvalue weighted by atomic mass is 19.1. The minimum atomic E-state index is -0.941. The first-order chi connectivity index (χ1) is 7.97. The summed E-state index contributed by atoms with van der Waals surface area (Å²) in [6.07, 6.45) is 0. The van der Waals surface area contributed by atoms with Crippen molar-refractivity contribution in [3.8, 4) is 0 Å². The van der Waals surface area contributed by atoms with E-state index in [0.717, 1.165) is 6.07 Å². The number of para-hydroxylation sites is 1. The number of anilines is 1. The van der Waals surface area contributed by atoms with Gasteiger partial charge in [-0.1, -0.05) is 6.07 Å². The van der Waals surface area contributed by atoms with Gasteiger partial charge >= 0.3 is 11.7 Å². The lowest BCUT2D eigenvalue weighted by Gasteiger charge is -2.17. The third kappa shape index (κ3) is 2.90. The molecule has 1 aromatic rings. The number of nitro benzene ring substituents is 1. The van der Waals surface area contributed by atoms with E-state index in [2.05, 4.69) is 4.74 Å². The number of nitro groups is 1. The molecule has 0 atom stereocenters. The Morgan fingerprint density at radius 3 is 2.76 bits per heavy atom. The molecule has 7 heteroatoms. The largest absolute Gasteiger partial charge is 0.468 e. The van der Waals surface area contributed by atoms with Crippen LogP contribution >= 0.6 is 0 Å². The number of carbonyl (C=O) groups is 1. The summed E-state index contributed by atoms with van der Waals surface area (Å²) in [5, 5.41) is 10.7. The van der Waals surface area contributed by atoms with Crippen LogP contribution in [0.15, 0.2) is 18.2 Å². The van der Waals surface area contributed by atoms with Crippen molar-refractivity contribution in [2.24, 2.45) is 0 Å². The number of likely N-dealkylation sites (N-methyl/N-ethyl adjacent to an activating group) is 1. The predicted octanol–water partition coefficient (Wildman–Crippen LogP) is 1.34. The molecule has 6 nitrogen and oxygen atoms in total. The highest BCUT2D eigenvalue weighted by molar-refractivity contribution is 5.77. The molecule has 0 saturated heterocycles. The Kier molecular flexibility index (Phi) is 3.97. The molecule has 0 unspecified atom stereocenters. The van der Waals surface area contributed by atoms with Gasteiger partial charge in [-0.25, -0.2) is 0 Å². The van der Waals surface area contributed by atoms with E-state index in [1.807, 2.05) is 0 Å². The van der Waals surface area contributed by atoms with Crippen LogP contribution in [0.25, 0.3) is 0 Å². The second kappa shape index (κ2) is 5.24. The highest BCUT2D eigenvalue weighted by Crippen LogP contribution is 2.29. The third-order valence-corrected chi connectivity index (χ3v) is 2.15. The molecule has 17 heavy (non-hydrogen) atoms. The van der Waals surface area contributed by atoms with Crippen LogP contribution in [0.3, 0.4) is 0 Å². The van der Waals surface area contributed by atoms with Gasteiger partial charge < -0.3 is 9.64 Å². The Balaban J connectivity index is 3.09. The maximum absolute atomic E-state index is 13.3. The van der Waals surface area contributed by atoms with E-state index in [-0.39, 0.29) is 12.2 Å². The summed E-state index contributed by atoms with van der Waals surface area (Å²) >= 11 is 0. The van der Waals surface area contributed by atoms with Gasteiger partial charge in [0, 0.05) is 7.05 Å². The molecule has 0 radical (unpaired) electrons. The van der Waals surface area contributed by atoms with E-state index in [1.165, 1.54) is 31.2 Å². The number of hydrogen-bond donors (Lipinski definition) is 0. The van der Waals surface area contributed by atoms with Crippen LogP contribution in [0, 0.1) is 15.9 Å². The highest BCUT2D eigenvalue weighted by Gasteiger charge is 2.23. The molecule has 1 aromatic carbocycles. The van der Waals surface area contributed by atoms with Crippen molar-refractivity contribution >= 4 is 17.3 Å². The Morgan fingerprint density at radius 2 is 2.24 bits per heavy atom. The maximum Gasteiger partial charge on any atom is 0.327 e. The lowest BCUT2D eigenvalue weighted by atomic mass is 10.2. The second-order valence-electron chi connectivity index (χ2n) is 3.30. The average Bonchev–Trinajstić information content (AvgIpc) is 2.27. The summed E-state index contributed by atoms with van der Waals surface area (Å²) in [4.78, 5) is 22.2. The van der Waals surface area contributed by atoms with Crippen molar-refractivity contribution in [3.63, 3.8) is 0 Å². The first-order valence-electron chi connectivity index (χ1n) is 4.68. The number of esters is 1. The van der Waals surface area contributed by atoms with Crippen LogP contribution in [0.4, 0.5) is 15.8 Å². The summed E-state index contributed by atoms with van der Waals surface area (Å²) in [5.74, 6) is -1.50. The molecule has 0 N–H and O–H groups in total. The zero-order valence-corrected chi connectivity index (χ0v) is 9.34. The van der Waals surface area contributed by atoms with Crippen LogP contribution in [-0.4, -0.2) is 31.6 Å². The number of carbonyl (C=O) groups excluding carboxylic acids is 1. The van der Waals surface area contributed by atoms with Gasteiger partial charge in [0.25, 0.3) is 0 Å². The van der Waals surface area contributed by atoms with E-state index in [1.54, 1.807) is 0 Å². The first kappa shape index (κ1) is 12.9. The zero-order valence-electron chi connectivity index (χ0n) is 9.34. The Hall–Kier alpha value is -2.18. The maximum atomic E-state index is 13.3. The summed E-state index contributed by atoms with van der Waals surface area (Å²) in [5.41, 5.74) is -0.626. The van der Waals surface area contributed by atoms with E-state index in [9.17, 15) is 19.3 Å². The molecule has 0 aliphatic rings. The number of hydrogen-bond acceptors (Lipinski definition) is 5. The number of ether oxygens (including phenoxy) is 1. The molecule has 0 saturated carbocycles. The van der Waals surface area contributed by atoms with Gasteiger partial charge in [-0.3, -0.25) is 14.9 Å². The zero-order chi connectivity index (χ0) is 13.0. The van der Waals surface area contributed by atoms with Gasteiger partial charge in [0.2, 0.25) is 5.82 Å². The van der Waals surface area contributed by atoms with E-state index in [4.69, 9.17) is 0 Å². The molecular weight excluding hydrogens is 231 g/mol. The van der Waals surface area contributed by atoms with Gasteiger partial charge in [-0.15, -0.1) is 0 Å². The van der Waals surface area contributed by atoms with Gasteiger partial charge in [0.15, 0.2) is 0 Å². The molecule has 0 aliphatic heterocycles. The summed E-state index contributed by atoms with van der Waals surface area (Å²) < 4.78 is 17.7. The van der Waals surface area contributed by atoms with E-state index >= 15 is 0 Å². The topological polar surface area (TPSA) is 72.7 Å². The predicted molar refractivity (Wildman–Crippen MR) is 58.3 cm³/mol. The van der Waals surface area contributed by atoms with Crippen LogP contribution < -0.4 is 4.90 Å². The first-order valence-corrected chi connectivity index (χ1v) is 4.68. The minimum Gasteiger partial charge on any atom is -0.468 e. The molecule has 0 aromatic heterocycles. The normalized spacial score (nSPS) is 9.82. The molecule has 1 rings (SSSR count). The van der Waals surface area contributed by atoms with Gasteiger partial charge in [0.1, 0.15) is 12.2 Å². The second-order valence-corrected chi connectivity index (χ2v) is 3.30. The number of halogens is 1. The number of nitrogens with zero attached hydrogens (tertiary/aromatic N) is 2. The number of methoxy groups -OCH3 is 1. The fraction of sp³-hybridized carbons (Fsp3) is 0.300. The van der Waals surface area contributed by atoms with E-state index in [0.29, 0.717) is 0 Å². The van der Waals surface area contributed by atoms with Crippen LogP contribution in [0.1, 0.15) is 0 Å². The molecule has 0 amide bonds. The lowest BCUT2D eigenvalue weighted by molar-refractivity contribution is -0.386. The third-order valence-electron chi connectivity index (χ3n) is 2.15. The molecule has 0 aliphatic carbocycles. The monoisotopic (exact) mass is 242 g/mol. The van der Waals surface area contributed by atoms with Crippen molar-refractivity contribution in [2.45, 2.75) is 0 Å². The van der Waals surface area contributed by atoms with Crippen LogP contribution in [0.5, 0.6) is 0 Å². The number of rotatable bonds is 4. The van der Waals surface area contributed by atoms with Gasteiger partial charge in [0.05, 0.1) is 12.0 Å². The molecule has 0 bridgehead atoms. The van der Waals surface area contributed by atoms with Crippen LogP contribution in [0.2, 0.25) is 0 Å². The molecular formula is C10H11FN2O4. The van der Waals surface area contributed by atoms with Crippen molar-refractivity contribution in [2.75, 3.05) is 25.6 Å². The molecule has 0 heterocycles. The average molecular weight is 242 g/mol. The summed E-state index contributed by atoms with van der Waals surface area (Å²) in [6.45, 7) is -0.194. The van der Waals surface area contributed by atoms with Crippen molar-refractivity contribution in [1.29, 1.82) is 0 Å². The Labute approximate surface area is 96.7 Å². The Bertz CT molecular complexity index is 450. The fourth-order valence-corrected chi connectivity index (χ4v) is 1.34. The minimum absolute atomic E-state index is 0.0281. The molecule has 0 fully saturated rings. The van der Waals surface area contributed by atoms with E-state index < -0.39 is 22.4 Å². The van der Waals surface area contributed by atoms with Crippen molar-refractivity contribution < 1.29 is 18.8 Å². The smallest absolute Gasteiger partial charge is 0.327 e. The van der Waals surface area contributed by atoms with Crippen molar-refractivity contribution in [1.82, 2.24) is 0 Å². The number of benzene rings is 1. The summed E-state index contributed by atoms with van der Waals surface area (Å²) in [7, 11) is 2.65. The standard InChI is InChI=1S/C10H11FN2O4/c1-12(6-9(14)17-2)8-5-3-4-7(11)10(8)13(15)16/h3-5H,6H2,1-2H3. The van der Waals surface area contributed by atoms with Gasteiger partial charge in [-0.05, 0) is 12.1 Å². The SMILES string of the molecule is COC(=O)CN(C)c1cccc(F)c1[N+](=O)[O-]. The summed E-state index contributed by atoms with van der Waals surface area (Å²) in [6, 6.07) is 3.70. The fourth-order valence-electron chi connectivity index (χ4n) is 1.34. The lowest BCUT2D eigenvalue weighted by Crippen LogP contribution is -2.27. The van der Waals surface area contributed by atoms with Gasteiger partial charge in [-0.2, -0.15) is 4.39 Å².